The van der Waals surface area contributed by atoms with Crippen molar-refractivity contribution in [3.8, 4) is 0 Å². The molecular formula is C27H33N3O2S. The summed E-state index contributed by atoms with van der Waals surface area (Å²) in [5.41, 5.74) is 3.80. The Hall–Kier alpha value is -2.60. The standard InChI is InChI=1S/C27H33N3O2S/c1-5-21-14-22-24(33-21)15-23-25(31)30(20-12-11-17(2)18(3)13-20)27(4,16-29(22)23)26(32)28-19-9-7-6-8-10-19/h11-15,19H,5-10,16H2,1-4H3,(H,28,32)/t27-/m1/s1. The number of rotatable bonds is 4. The van der Waals surface area contributed by atoms with Crippen LogP contribution in [0.3, 0.4) is 0 Å². The SMILES string of the molecule is CCc1cc2c(cc3n2C[C@](C)(C(=O)NC2CCCCC2)N(c2ccc(C)c(C)c2)C3=O)s1. The lowest BCUT2D eigenvalue weighted by Crippen LogP contribution is -2.65. The lowest BCUT2D eigenvalue weighted by molar-refractivity contribution is -0.127. The number of thiophene rings is 1. The van der Waals surface area contributed by atoms with Crippen molar-refractivity contribution < 1.29 is 9.59 Å². The highest BCUT2D eigenvalue weighted by Crippen LogP contribution is 2.39. The third-order valence-corrected chi connectivity index (χ3v) is 8.76. The average Bonchev–Trinajstić information content (AvgIpc) is 3.35. The van der Waals surface area contributed by atoms with Crippen molar-refractivity contribution in [1.29, 1.82) is 0 Å². The van der Waals surface area contributed by atoms with E-state index < -0.39 is 5.54 Å². The van der Waals surface area contributed by atoms with Gasteiger partial charge in [0.2, 0.25) is 5.91 Å². The van der Waals surface area contributed by atoms with Crippen molar-refractivity contribution in [2.24, 2.45) is 0 Å². The number of nitrogens with zero attached hydrogens (tertiary/aromatic N) is 2. The fourth-order valence-corrected chi connectivity index (χ4v) is 6.40. The maximum absolute atomic E-state index is 14.0. The fraction of sp³-hybridized carbons (Fsp3) is 0.481. The Morgan fingerprint density at radius 3 is 2.58 bits per heavy atom. The molecule has 174 valence electrons. The molecular weight excluding hydrogens is 430 g/mol. The van der Waals surface area contributed by atoms with Crippen LogP contribution in [0.1, 0.15) is 72.4 Å². The van der Waals surface area contributed by atoms with Crippen molar-refractivity contribution in [2.75, 3.05) is 4.90 Å². The van der Waals surface area contributed by atoms with Gasteiger partial charge in [0, 0.05) is 16.6 Å². The zero-order valence-corrected chi connectivity index (χ0v) is 20.8. The van der Waals surface area contributed by atoms with Gasteiger partial charge in [-0.1, -0.05) is 32.3 Å². The summed E-state index contributed by atoms with van der Waals surface area (Å²) in [6.45, 7) is 8.65. The number of hydrogen-bond donors (Lipinski definition) is 1. The molecule has 2 amide bonds. The fourth-order valence-electron chi connectivity index (χ4n) is 5.36. The number of amides is 2. The summed E-state index contributed by atoms with van der Waals surface area (Å²) in [4.78, 5) is 30.9. The van der Waals surface area contributed by atoms with Gasteiger partial charge in [-0.2, -0.15) is 0 Å². The highest BCUT2D eigenvalue weighted by molar-refractivity contribution is 7.19. The molecule has 3 heterocycles. The van der Waals surface area contributed by atoms with E-state index in [4.69, 9.17) is 0 Å². The molecule has 1 aliphatic carbocycles. The molecule has 1 fully saturated rings. The highest BCUT2D eigenvalue weighted by Gasteiger charge is 2.49. The molecule has 0 bridgehead atoms. The van der Waals surface area contributed by atoms with E-state index in [-0.39, 0.29) is 17.9 Å². The van der Waals surface area contributed by atoms with E-state index in [9.17, 15) is 9.59 Å². The van der Waals surface area contributed by atoms with Crippen LogP contribution in [0.15, 0.2) is 30.3 Å². The molecule has 0 radical (unpaired) electrons. The zero-order valence-electron chi connectivity index (χ0n) is 20.0. The molecule has 1 aromatic carbocycles. The van der Waals surface area contributed by atoms with E-state index in [1.165, 1.54) is 16.9 Å². The van der Waals surface area contributed by atoms with E-state index in [0.29, 0.717) is 12.2 Å². The minimum atomic E-state index is -1.01. The average molecular weight is 464 g/mol. The van der Waals surface area contributed by atoms with Crippen LogP contribution in [0.4, 0.5) is 5.69 Å². The second kappa shape index (κ2) is 8.32. The molecule has 0 unspecified atom stereocenters. The number of carbonyl (C=O) groups excluding carboxylic acids is 2. The van der Waals surface area contributed by atoms with Gasteiger partial charge in [-0.15, -0.1) is 11.3 Å². The summed E-state index contributed by atoms with van der Waals surface area (Å²) in [5.74, 6) is -0.160. The largest absolute Gasteiger partial charge is 0.351 e. The molecule has 3 aromatic rings. The topological polar surface area (TPSA) is 54.3 Å². The van der Waals surface area contributed by atoms with E-state index in [0.717, 1.165) is 53.6 Å². The number of anilines is 1. The number of nitrogens with one attached hydrogen (secondary N) is 1. The van der Waals surface area contributed by atoms with Crippen molar-refractivity contribution in [2.45, 2.75) is 84.3 Å². The van der Waals surface area contributed by atoms with Crippen LogP contribution in [0.5, 0.6) is 0 Å². The van der Waals surface area contributed by atoms with Gasteiger partial charge in [0.1, 0.15) is 11.2 Å². The Balaban J connectivity index is 1.61. The first kappa shape index (κ1) is 22.2. The van der Waals surface area contributed by atoms with E-state index >= 15 is 0 Å². The summed E-state index contributed by atoms with van der Waals surface area (Å²) < 4.78 is 3.19. The predicted molar refractivity (Wildman–Crippen MR) is 135 cm³/mol. The quantitative estimate of drug-likeness (QED) is 0.536. The molecule has 2 aliphatic rings. The van der Waals surface area contributed by atoms with Crippen LogP contribution >= 0.6 is 11.3 Å². The molecule has 0 spiro atoms. The Labute approximate surface area is 199 Å². The van der Waals surface area contributed by atoms with Gasteiger partial charge in [-0.05, 0) is 75.4 Å². The maximum Gasteiger partial charge on any atom is 0.275 e. The molecule has 1 N–H and O–H groups in total. The van der Waals surface area contributed by atoms with E-state index in [2.05, 4.69) is 36.7 Å². The molecule has 1 saturated carbocycles. The maximum atomic E-state index is 14.0. The summed E-state index contributed by atoms with van der Waals surface area (Å²) >= 11 is 1.74. The Morgan fingerprint density at radius 2 is 1.88 bits per heavy atom. The normalized spacial score (nSPS) is 21.5. The van der Waals surface area contributed by atoms with Crippen LogP contribution in [0.25, 0.3) is 10.2 Å². The Bertz CT molecular complexity index is 1230. The summed E-state index contributed by atoms with van der Waals surface area (Å²) in [5, 5.41) is 3.32. The first-order valence-electron chi connectivity index (χ1n) is 12.2. The highest BCUT2D eigenvalue weighted by atomic mass is 32.1. The molecule has 1 atom stereocenters. The Morgan fingerprint density at radius 1 is 1.12 bits per heavy atom. The molecule has 5 rings (SSSR count). The minimum Gasteiger partial charge on any atom is -0.351 e. The van der Waals surface area contributed by atoms with Gasteiger partial charge in [-0.3, -0.25) is 14.5 Å². The number of hydrogen-bond acceptors (Lipinski definition) is 3. The lowest BCUT2D eigenvalue weighted by atomic mass is 9.90. The second-order valence-corrected chi connectivity index (χ2v) is 11.1. The summed E-state index contributed by atoms with van der Waals surface area (Å²) in [6.07, 6.45) is 6.54. The van der Waals surface area contributed by atoms with Crippen molar-refractivity contribution in [1.82, 2.24) is 9.88 Å². The van der Waals surface area contributed by atoms with Crippen LogP contribution < -0.4 is 10.2 Å². The first-order chi connectivity index (χ1) is 15.8. The number of benzene rings is 1. The van der Waals surface area contributed by atoms with Crippen molar-refractivity contribution in [3.63, 3.8) is 0 Å². The van der Waals surface area contributed by atoms with Gasteiger partial charge < -0.3 is 9.88 Å². The smallest absolute Gasteiger partial charge is 0.275 e. The number of fused-ring (bicyclic) bond motifs is 3. The third-order valence-electron chi connectivity index (χ3n) is 7.55. The third kappa shape index (κ3) is 3.68. The van der Waals surface area contributed by atoms with Gasteiger partial charge in [0.25, 0.3) is 5.91 Å². The zero-order chi connectivity index (χ0) is 23.3. The Kier molecular flexibility index (Phi) is 5.60. The molecule has 6 heteroatoms. The van der Waals surface area contributed by atoms with Crippen molar-refractivity contribution >= 4 is 39.1 Å². The predicted octanol–water partition coefficient (Wildman–Crippen LogP) is 5.75. The first-order valence-corrected chi connectivity index (χ1v) is 13.0. The summed E-state index contributed by atoms with van der Waals surface area (Å²) in [6, 6.07) is 10.4. The number of aromatic nitrogens is 1. The van der Waals surface area contributed by atoms with Gasteiger partial charge >= 0.3 is 0 Å². The molecule has 1 aliphatic heterocycles. The lowest BCUT2D eigenvalue weighted by Gasteiger charge is -2.45. The van der Waals surface area contributed by atoms with Gasteiger partial charge in [0.15, 0.2) is 0 Å². The van der Waals surface area contributed by atoms with Crippen LogP contribution in [-0.2, 0) is 17.8 Å². The van der Waals surface area contributed by atoms with E-state index in [1.807, 2.05) is 31.2 Å². The number of aryl methyl sites for hydroxylation is 3. The van der Waals surface area contributed by atoms with E-state index in [1.54, 1.807) is 16.2 Å². The number of carbonyl (C=O) groups is 2. The minimum absolute atomic E-state index is 0.0561. The van der Waals surface area contributed by atoms with Crippen LogP contribution in [0.2, 0.25) is 0 Å². The second-order valence-electron chi connectivity index (χ2n) is 9.92. The van der Waals surface area contributed by atoms with Crippen LogP contribution in [-0.4, -0.2) is 28.0 Å². The molecule has 5 nitrogen and oxygen atoms in total. The molecule has 2 aromatic heterocycles. The monoisotopic (exact) mass is 463 g/mol. The van der Waals surface area contributed by atoms with Crippen LogP contribution in [0, 0.1) is 13.8 Å². The molecule has 33 heavy (non-hydrogen) atoms. The van der Waals surface area contributed by atoms with Crippen molar-refractivity contribution in [3.05, 3.63) is 52.0 Å². The van der Waals surface area contributed by atoms with Gasteiger partial charge in [0.05, 0.1) is 16.8 Å². The van der Waals surface area contributed by atoms with Gasteiger partial charge in [-0.25, -0.2) is 0 Å². The summed E-state index contributed by atoms with van der Waals surface area (Å²) in [7, 11) is 0. The molecule has 0 saturated heterocycles.